The SMILES string of the molecule is OCC1CCN(c2ncc(-c3ccc[nH]3)cn2)CC1. The Morgan fingerprint density at radius 3 is 2.58 bits per heavy atom. The summed E-state index contributed by atoms with van der Waals surface area (Å²) in [6.07, 6.45) is 7.62. The minimum absolute atomic E-state index is 0.292. The molecule has 0 unspecified atom stereocenters. The molecule has 0 amide bonds. The Morgan fingerprint density at radius 1 is 1.26 bits per heavy atom. The van der Waals surface area contributed by atoms with Crippen molar-refractivity contribution in [3.8, 4) is 11.3 Å². The van der Waals surface area contributed by atoms with E-state index in [2.05, 4.69) is 19.9 Å². The maximum Gasteiger partial charge on any atom is 0.225 e. The molecule has 0 saturated carbocycles. The Hall–Kier alpha value is -1.88. The van der Waals surface area contributed by atoms with Crippen LogP contribution in [0.5, 0.6) is 0 Å². The van der Waals surface area contributed by atoms with E-state index in [0.29, 0.717) is 12.5 Å². The second-order valence-corrected chi connectivity index (χ2v) is 4.97. The number of aromatic nitrogens is 3. The highest BCUT2D eigenvalue weighted by Crippen LogP contribution is 2.21. The molecule has 2 aromatic rings. The van der Waals surface area contributed by atoms with Crippen LogP contribution >= 0.6 is 0 Å². The van der Waals surface area contributed by atoms with Crippen LogP contribution in [0, 0.1) is 5.92 Å². The molecular formula is C14H18N4O. The van der Waals surface area contributed by atoms with E-state index in [1.54, 1.807) is 0 Å². The van der Waals surface area contributed by atoms with Crippen molar-refractivity contribution in [1.29, 1.82) is 0 Å². The van der Waals surface area contributed by atoms with Gasteiger partial charge in [0.05, 0.1) is 0 Å². The average molecular weight is 258 g/mol. The number of hydrogen-bond donors (Lipinski definition) is 2. The first-order valence-corrected chi connectivity index (χ1v) is 6.68. The van der Waals surface area contributed by atoms with Gasteiger partial charge in [-0.05, 0) is 30.9 Å². The highest BCUT2D eigenvalue weighted by atomic mass is 16.3. The van der Waals surface area contributed by atoms with Gasteiger partial charge >= 0.3 is 0 Å². The number of H-pyrrole nitrogens is 1. The van der Waals surface area contributed by atoms with Crippen LogP contribution in [-0.4, -0.2) is 39.8 Å². The number of aromatic amines is 1. The number of hydrogen-bond acceptors (Lipinski definition) is 4. The highest BCUT2D eigenvalue weighted by Gasteiger charge is 2.20. The van der Waals surface area contributed by atoms with Crippen molar-refractivity contribution in [2.24, 2.45) is 5.92 Å². The maximum absolute atomic E-state index is 9.14. The van der Waals surface area contributed by atoms with Gasteiger partial charge in [0, 0.05) is 49.5 Å². The fourth-order valence-electron chi connectivity index (χ4n) is 2.45. The molecule has 19 heavy (non-hydrogen) atoms. The van der Waals surface area contributed by atoms with Crippen molar-refractivity contribution in [2.45, 2.75) is 12.8 Å². The van der Waals surface area contributed by atoms with Gasteiger partial charge in [0.25, 0.3) is 0 Å². The third-order valence-corrected chi connectivity index (χ3v) is 3.70. The predicted octanol–water partition coefficient (Wildman–Crippen LogP) is 1.68. The van der Waals surface area contributed by atoms with Crippen LogP contribution < -0.4 is 4.90 Å². The van der Waals surface area contributed by atoms with E-state index in [9.17, 15) is 0 Å². The van der Waals surface area contributed by atoms with Crippen LogP contribution in [0.1, 0.15) is 12.8 Å². The summed E-state index contributed by atoms with van der Waals surface area (Å²) in [4.78, 5) is 14.2. The van der Waals surface area contributed by atoms with Gasteiger partial charge in [-0.1, -0.05) is 0 Å². The largest absolute Gasteiger partial charge is 0.396 e. The van der Waals surface area contributed by atoms with Gasteiger partial charge in [0.15, 0.2) is 0 Å². The van der Waals surface area contributed by atoms with Crippen molar-refractivity contribution in [3.63, 3.8) is 0 Å². The molecule has 1 aliphatic rings. The van der Waals surface area contributed by atoms with Crippen molar-refractivity contribution in [3.05, 3.63) is 30.7 Å². The summed E-state index contributed by atoms with van der Waals surface area (Å²) in [6.45, 7) is 2.14. The quantitative estimate of drug-likeness (QED) is 0.879. The van der Waals surface area contributed by atoms with Gasteiger partial charge < -0.3 is 15.0 Å². The van der Waals surface area contributed by atoms with Gasteiger partial charge in [0.1, 0.15) is 0 Å². The zero-order chi connectivity index (χ0) is 13.1. The molecule has 0 radical (unpaired) electrons. The third-order valence-electron chi connectivity index (χ3n) is 3.70. The van der Waals surface area contributed by atoms with Crippen LogP contribution in [0.15, 0.2) is 30.7 Å². The topological polar surface area (TPSA) is 65.0 Å². The van der Waals surface area contributed by atoms with Crippen molar-refractivity contribution in [2.75, 3.05) is 24.6 Å². The molecule has 0 spiro atoms. The van der Waals surface area contributed by atoms with E-state index in [1.165, 1.54) is 0 Å². The average Bonchev–Trinajstić information content (AvgIpc) is 3.02. The lowest BCUT2D eigenvalue weighted by molar-refractivity contribution is 0.202. The first-order chi connectivity index (χ1) is 9.36. The summed E-state index contributed by atoms with van der Waals surface area (Å²) in [5.41, 5.74) is 2.03. The van der Waals surface area contributed by atoms with Gasteiger partial charge in [-0.15, -0.1) is 0 Å². The van der Waals surface area contributed by atoms with Crippen molar-refractivity contribution >= 4 is 5.95 Å². The molecule has 1 aliphatic heterocycles. The normalized spacial score (nSPS) is 16.8. The second-order valence-electron chi connectivity index (χ2n) is 4.97. The molecule has 0 aromatic carbocycles. The molecule has 5 nitrogen and oxygen atoms in total. The molecule has 5 heteroatoms. The van der Waals surface area contributed by atoms with E-state index < -0.39 is 0 Å². The maximum atomic E-state index is 9.14. The summed E-state index contributed by atoms with van der Waals surface area (Å²) in [5, 5.41) is 9.14. The van der Waals surface area contributed by atoms with Gasteiger partial charge in [-0.25, -0.2) is 9.97 Å². The fraction of sp³-hybridized carbons (Fsp3) is 0.429. The molecule has 100 valence electrons. The first kappa shape index (κ1) is 12.2. The van der Waals surface area contributed by atoms with E-state index >= 15 is 0 Å². The number of nitrogens with one attached hydrogen (secondary N) is 1. The zero-order valence-electron chi connectivity index (χ0n) is 10.8. The van der Waals surface area contributed by atoms with Crippen LogP contribution in [0.3, 0.4) is 0 Å². The molecule has 2 N–H and O–H groups in total. The number of anilines is 1. The van der Waals surface area contributed by atoms with Crippen molar-refractivity contribution in [1.82, 2.24) is 15.0 Å². The second kappa shape index (κ2) is 5.40. The third kappa shape index (κ3) is 2.61. The molecule has 1 fully saturated rings. The van der Waals surface area contributed by atoms with E-state index in [-0.39, 0.29) is 0 Å². The number of nitrogens with zero attached hydrogens (tertiary/aromatic N) is 3. The lowest BCUT2D eigenvalue weighted by Gasteiger charge is -2.30. The van der Waals surface area contributed by atoms with Crippen molar-refractivity contribution < 1.29 is 5.11 Å². The molecule has 0 atom stereocenters. The Morgan fingerprint density at radius 2 is 2.00 bits per heavy atom. The van der Waals surface area contributed by atoms with E-state index in [0.717, 1.165) is 43.1 Å². The van der Waals surface area contributed by atoms with Crippen LogP contribution in [0.4, 0.5) is 5.95 Å². The lowest BCUT2D eigenvalue weighted by Crippen LogP contribution is -2.35. The molecule has 0 bridgehead atoms. The molecule has 1 saturated heterocycles. The number of aliphatic hydroxyl groups excluding tert-OH is 1. The summed E-state index contributed by atoms with van der Waals surface area (Å²) in [5.74, 6) is 1.22. The van der Waals surface area contributed by atoms with Gasteiger partial charge in [-0.3, -0.25) is 0 Å². The van der Waals surface area contributed by atoms with Gasteiger partial charge in [-0.2, -0.15) is 0 Å². The van der Waals surface area contributed by atoms with E-state index in [1.807, 2.05) is 30.7 Å². The molecular weight excluding hydrogens is 240 g/mol. The number of piperidine rings is 1. The van der Waals surface area contributed by atoms with Crippen LogP contribution in [0.25, 0.3) is 11.3 Å². The van der Waals surface area contributed by atoms with E-state index in [4.69, 9.17) is 5.11 Å². The predicted molar refractivity (Wildman–Crippen MR) is 73.8 cm³/mol. The molecule has 2 aromatic heterocycles. The smallest absolute Gasteiger partial charge is 0.225 e. The molecule has 3 heterocycles. The summed E-state index contributed by atoms with van der Waals surface area (Å²) in [6, 6.07) is 3.97. The Balaban J connectivity index is 1.70. The van der Waals surface area contributed by atoms with Crippen LogP contribution in [-0.2, 0) is 0 Å². The van der Waals surface area contributed by atoms with Gasteiger partial charge in [0.2, 0.25) is 5.95 Å². The molecule has 3 rings (SSSR count). The molecule has 0 aliphatic carbocycles. The minimum Gasteiger partial charge on any atom is -0.396 e. The Bertz CT molecular complexity index is 501. The number of aliphatic hydroxyl groups is 1. The summed E-state index contributed by atoms with van der Waals surface area (Å²) < 4.78 is 0. The highest BCUT2D eigenvalue weighted by molar-refractivity contribution is 5.57. The summed E-state index contributed by atoms with van der Waals surface area (Å²) in [7, 11) is 0. The minimum atomic E-state index is 0.292. The Kier molecular flexibility index (Phi) is 3.46. The number of rotatable bonds is 3. The fourth-order valence-corrected chi connectivity index (χ4v) is 2.45. The first-order valence-electron chi connectivity index (χ1n) is 6.68. The zero-order valence-corrected chi connectivity index (χ0v) is 10.8. The van der Waals surface area contributed by atoms with Crippen LogP contribution in [0.2, 0.25) is 0 Å². The Labute approximate surface area is 112 Å². The standard InChI is InChI=1S/C14H18N4O/c19-10-11-3-6-18(7-4-11)14-16-8-12(9-17-14)13-2-1-5-15-13/h1-2,5,8-9,11,15,19H,3-4,6-7,10H2. The lowest BCUT2D eigenvalue weighted by atomic mass is 9.98. The monoisotopic (exact) mass is 258 g/mol. The summed E-state index contributed by atoms with van der Waals surface area (Å²) >= 11 is 0.